The first-order valence-electron chi connectivity index (χ1n) is 36.8. The number of ether oxygens (including phenoxy) is 9. The highest BCUT2D eigenvalue weighted by molar-refractivity contribution is 8.00. The Labute approximate surface area is 555 Å². The van der Waals surface area contributed by atoms with Crippen molar-refractivity contribution in [2.75, 3.05) is 69.3 Å². The van der Waals surface area contributed by atoms with E-state index in [9.17, 15) is 8.42 Å². The second-order valence-electron chi connectivity index (χ2n) is 30.2. The minimum absolute atomic E-state index is 0. The molecular formula is C76H154O11S2. The normalized spacial score (nSPS) is 24.9. The van der Waals surface area contributed by atoms with Crippen LogP contribution in [-0.2, 0) is 61.7 Å². The molecule has 536 valence electrons. The lowest BCUT2D eigenvalue weighted by Crippen LogP contribution is -2.26. The summed E-state index contributed by atoms with van der Waals surface area (Å²) >= 11 is 0. The lowest BCUT2D eigenvalue weighted by atomic mass is 9.83. The molecule has 89 heavy (non-hydrogen) atoms. The Morgan fingerprint density at radius 2 is 0.697 bits per heavy atom. The van der Waals surface area contributed by atoms with E-state index in [-0.39, 0.29) is 19.6 Å². The molecule has 0 spiro atoms. The van der Waals surface area contributed by atoms with E-state index in [2.05, 4.69) is 109 Å². The van der Waals surface area contributed by atoms with Gasteiger partial charge in [-0.15, -0.1) is 0 Å². The van der Waals surface area contributed by atoms with Crippen molar-refractivity contribution in [3.63, 3.8) is 0 Å². The van der Waals surface area contributed by atoms with Gasteiger partial charge in [-0.1, -0.05) is 85.5 Å². The van der Waals surface area contributed by atoms with Crippen LogP contribution in [0.3, 0.4) is 0 Å². The molecule has 0 amide bonds. The molecule has 6 saturated carbocycles. The fourth-order valence-corrected chi connectivity index (χ4v) is 14.7. The standard InChI is InChI=1S/C10H20O2S.C10H20O.2C9H18O.C8H16O2S.2C8H16O.C7H14O.C6H12O.CH4/c1-9(2)12-6-4-10-5-7-13(3,11)8-10;1-9(2)11-8-7-10-5-3-4-6-10;1-8(2)10-7-6-9-4-3-5-9;1-8(2)10-7-9-5-3-4-6-9;1-7(2)10-8-4-5-11(3,9)6-8;1-7(2)3-4-8-5-6-9-8;1-7(2)9-6-8-4-3-5-8;1-6(2)8-5-7-3-4-7;1-5(2)7-6-3-4-6;/h9-10H,3-8H2,1-2H3;9-10H,3-8H2,1-2H3;2*8-9H,3-7H2,1-2H3;7-8H,3-6H2,1-2H3;2*7-8H,3-6H2,1-2H3;6-7H,3-5H2,1-2H3;5-6H,3-4H2,1-2H3;1H4. The quantitative estimate of drug-likeness (QED) is 0.0697. The zero-order valence-corrected chi connectivity index (χ0v) is 62.9. The maximum atomic E-state index is 11.5. The monoisotopic (exact) mass is 1310 g/mol. The van der Waals surface area contributed by atoms with Crippen LogP contribution in [0.2, 0.25) is 0 Å². The van der Waals surface area contributed by atoms with Crippen molar-refractivity contribution in [1.29, 1.82) is 0 Å². The Balaban J connectivity index is 0.000000982. The molecule has 5 unspecified atom stereocenters. The zero-order valence-electron chi connectivity index (χ0n) is 61.3. The van der Waals surface area contributed by atoms with Crippen LogP contribution in [-0.4, -0.2) is 157 Å². The highest BCUT2D eigenvalue weighted by Gasteiger charge is 2.26. The third kappa shape index (κ3) is 57.6. The van der Waals surface area contributed by atoms with E-state index in [4.69, 9.17) is 42.6 Å². The van der Waals surface area contributed by atoms with Gasteiger partial charge in [0.05, 0.1) is 67.1 Å². The molecule has 3 heterocycles. The summed E-state index contributed by atoms with van der Waals surface area (Å²) in [6, 6.07) is 0. The van der Waals surface area contributed by atoms with E-state index in [0.29, 0.717) is 66.6 Å². The molecule has 0 aromatic heterocycles. The molecule has 5 atom stereocenters. The summed E-state index contributed by atoms with van der Waals surface area (Å²) < 4.78 is 71.8. The first-order valence-corrected chi connectivity index (χ1v) is 40.9. The van der Waals surface area contributed by atoms with E-state index in [1.807, 2.05) is 27.7 Å². The summed E-state index contributed by atoms with van der Waals surface area (Å²) in [4.78, 5) is 0. The molecule has 9 rings (SSSR count). The van der Waals surface area contributed by atoms with Gasteiger partial charge in [0.15, 0.2) is 0 Å². The summed E-state index contributed by atoms with van der Waals surface area (Å²) in [5.41, 5.74) is 0. The maximum Gasteiger partial charge on any atom is 0.0696 e. The highest BCUT2D eigenvalue weighted by atomic mass is 32.2. The Hall–Kier alpha value is -0.320. The molecule has 9 aliphatic rings. The van der Waals surface area contributed by atoms with Crippen molar-refractivity contribution >= 4 is 30.8 Å². The number of rotatable bonds is 28. The summed E-state index contributed by atoms with van der Waals surface area (Å²) in [5, 5.41) is 0. The molecule has 11 nitrogen and oxygen atoms in total. The van der Waals surface area contributed by atoms with E-state index in [0.717, 1.165) is 118 Å². The van der Waals surface area contributed by atoms with Crippen LogP contribution < -0.4 is 0 Å². The van der Waals surface area contributed by atoms with Gasteiger partial charge in [0.1, 0.15) is 0 Å². The van der Waals surface area contributed by atoms with Gasteiger partial charge in [0, 0.05) is 69.3 Å². The van der Waals surface area contributed by atoms with Gasteiger partial charge in [0.25, 0.3) is 0 Å². The molecule has 6 aliphatic carbocycles. The van der Waals surface area contributed by atoms with Crippen molar-refractivity contribution in [2.24, 2.45) is 41.4 Å². The molecule has 9 fully saturated rings. The van der Waals surface area contributed by atoms with Crippen LogP contribution in [0.25, 0.3) is 0 Å². The number of hydrogen-bond donors (Lipinski definition) is 0. The smallest absolute Gasteiger partial charge is 0.0696 e. The van der Waals surface area contributed by atoms with Crippen LogP contribution in [0.4, 0.5) is 0 Å². The minimum atomic E-state index is -1.77. The topological polar surface area (TPSA) is 117 Å². The predicted molar refractivity (Wildman–Crippen MR) is 389 cm³/mol. The van der Waals surface area contributed by atoms with Gasteiger partial charge < -0.3 is 42.6 Å². The summed E-state index contributed by atoms with van der Waals surface area (Å²) in [7, 11) is -3.47. The molecule has 3 saturated heterocycles. The van der Waals surface area contributed by atoms with Crippen molar-refractivity contribution < 1.29 is 51.0 Å². The average Bonchev–Trinajstić information content (AvgIpc) is 3.81. The van der Waals surface area contributed by atoms with Gasteiger partial charge >= 0.3 is 0 Å². The molecule has 3 aliphatic heterocycles. The fourth-order valence-electron chi connectivity index (χ4n) is 10.8. The van der Waals surface area contributed by atoms with Crippen LogP contribution in [0.1, 0.15) is 299 Å². The molecule has 13 heteroatoms. The van der Waals surface area contributed by atoms with Crippen molar-refractivity contribution in [2.45, 2.75) is 366 Å². The van der Waals surface area contributed by atoms with Crippen LogP contribution >= 0.6 is 0 Å². The van der Waals surface area contributed by atoms with Gasteiger partial charge in [-0.05, 0) is 286 Å². The molecule has 0 aromatic rings. The predicted octanol–water partition coefficient (Wildman–Crippen LogP) is 19.1. The molecule has 0 bridgehead atoms. The summed E-state index contributed by atoms with van der Waals surface area (Å²) in [6.07, 6.45) is 39.4. The van der Waals surface area contributed by atoms with Gasteiger partial charge in [-0.3, -0.25) is 8.42 Å². The van der Waals surface area contributed by atoms with Gasteiger partial charge in [0.2, 0.25) is 0 Å². The number of hydrogen-bond acceptors (Lipinski definition) is 11. The maximum absolute atomic E-state index is 11.5. The minimum Gasteiger partial charge on any atom is -0.379 e. The average molecular weight is 1310 g/mol. The van der Waals surface area contributed by atoms with Crippen molar-refractivity contribution in [3.8, 4) is 0 Å². The summed E-state index contributed by atoms with van der Waals surface area (Å²) in [6.45, 7) is 44.5. The van der Waals surface area contributed by atoms with Crippen LogP contribution in [0.15, 0.2) is 0 Å². The first-order chi connectivity index (χ1) is 41.5. The fraction of sp³-hybridized carbons (Fsp3) is 0.974. The third-order valence-electron chi connectivity index (χ3n) is 17.1. The van der Waals surface area contributed by atoms with Crippen LogP contribution in [0.5, 0.6) is 0 Å². The van der Waals surface area contributed by atoms with E-state index in [1.54, 1.807) is 0 Å². The highest BCUT2D eigenvalue weighted by Crippen LogP contribution is 2.31. The van der Waals surface area contributed by atoms with Crippen LogP contribution in [0, 0.1) is 41.4 Å². The first kappa shape index (κ1) is 88.7. The Morgan fingerprint density at radius 1 is 0.360 bits per heavy atom. The lowest BCUT2D eigenvalue weighted by Gasteiger charge is -2.26. The third-order valence-corrected chi connectivity index (χ3v) is 21.1. The molecule has 0 N–H and O–H groups in total. The SMILES string of the molecule is C.C=S1(=O)CCC(CCOC(C)C)C1.C=S1(=O)CCC(OC(C)C)C1.CC(C)CCC1CCO1.CC(C)OC1CC1.CC(C)OCC1CC1.CC(C)OCC1CCC1.CC(C)OCC1CCCC1.CC(C)OCCC1CCC1.CC(C)OCCC1CCCC1. The van der Waals surface area contributed by atoms with E-state index in [1.165, 1.54) is 148 Å². The molecular weight excluding hydrogens is 1150 g/mol. The lowest BCUT2D eigenvalue weighted by molar-refractivity contribution is -0.0567. The largest absolute Gasteiger partial charge is 0.379 e. The Kier molecular flexibility index (Phi) is 52.6. The summed E-state index contributed by atoms with van der Waals surface area (Å²) in [5.74, 6) is 16.6. The molecule has 0 aromatic carbocycles. The van der Waals surface area contributed by atoms with Gasteiger partial charge in [-0.2, -0.15) is 0 Å². The van der Waals surface area contributed by atoms with E-state index >= 15 is 0 Å². The van der Waals surface area contributed by atoms with Crippen molar-refractivity contribution in [3.05, 3.63) is 0 Å². The van der Waals surface area contributed by atoms with Gasteiger partial charge in [-0.25, -0.2) is 0 Å². The zero-order chi connectivity index (χ0) is 65.9. The van der Waals surface area contributed by atoms with E-state index < -0.39 is 19.0 Å². The second-order valence-corrected chi connectivity index (χ2v) is 35.5. The second kappa shape index (κ2) is 52.8. The molecule has 0 radical (unpaired) electrons. The Bertz CT molecular complexity index is 1760. The van der Waals surface area contributed by atoms with Crippen molar-refractivity contribution in [1.82, 2.24) is 0 Å². The Morgan fingerprint density at radius 3 is 0.955 bits per heavy atom.